The second kappa shape index (κ2) is 2.30. The lowest BCUT2D eigenvalue weighted by atomic mass is 10.4. The molecule has 0 spiro atoms. The van der Waals surface area contributed by atoms with Crippen molar-refractivity contribution in [3.05, 3.63) is 28.6 Å². The van der Waals surface area contributed by atoms with E-state index in [1.54, 1.807) is 10.7 Å². The van der Waals surface area contributed by atoms with Crippen LogP contribution in [0.3, 0.4) is 0 Å². The molecule has 0 aliphatic rings. The first kappa shape index (κ1) is 6.79. The van der Waals surface area contributed by atoms with E-state index in [0.29, 0.717) is 0 Å². The largest absolute Gasteiger partial charge is 0.222 e. The maximum atomic E-state index is 4.25. The van der Waals surface area contributed by atoms with E-state index in [4.69, 9.17) is 0 Å². The van der Waals surface area contributed by atoms with E-state index in [0.717, 1.165) is 15.8 Å². The van der Waals surface area contributed by atoms with Crippen LogP contribution >= 0.6 is 15.9 Å². The molecule has 2 aromatic rings. The summed E-state index contributed by atoms with van der Waals surface area (Å²) in [7, 11) is 0. The lowest BCUT2D eigenvalue weighted by molar-refractivity contribution is 0.934. The minimum Gasteiger partial charge on any atom is -0.222 e. The van der Waals surface area contributed by atoms with Gasteiger partial charge in [-0.1, -0.05) is 0 Å². The van der Waals surface area contributed by atoms with E-state index in [-0.39, 0.29) is 0 Å². The van der Waals surface area contributed by atoms with Crippen LogP contribution < -0.4 is 0 Å². The van der Waals surface area contributed by atoms with Gasteiger partial charge in [0.15, 0.2) is 5.65 Å². The van der Waals surface area contributed by atoms with Crippen molar-refractivity contribution >= 4 is 21.6 Å². The molecule has 2 heterocycles. The molecule has 0 atom stereocenters. The Morgan fingerprint density at radius 1 is 1.55 bits per heavy atom. The summed E-state index contributed by atoms with van der Waals surface area (Å²) in [5.41, 5.74) is 1.99. The van der Waals surface area contributed by atoms with Crippen LogP contribution in [0.1, 0.15) is 5.56 Å². The van der Waals surface area contributed by atoms with Gasteiger partial charge in [-0.05, 0) is 28.9 Å². The van der Waals surface area contributed by atoms with Crippen LogP contribution in [0.25, 0.3) is 5.65 Å². The van der Waals surface area contributed by atoms with Crippen LogP contribution in [0.4, 0.5) is 0 Å². The molecular formula is C7H6BrN3. The van der Waals surface area contributed by atoms with Crippen LogP contribution in [0, 0.1) is 6.92 Å². The Balaban J connectivity index is 2.87. The summed E-state index contributed by atoms with van der Waals surface area (Å²) in [4.78, 5) is 4.25. The average molecular weight is 212 g/mol. The SMILES string of the molecule is Cc1cnn2ccc(Br)nc12. The first-order valence-electron chi connectivity index (χ1n) is 3.24. The smallest absolute Gasteiger partial charge is 0.159 e. The third-order valence-corrected chi connectivity index (χ3v) is 1.95. The maximum Gasteiger partial charge on any atom is 0.159 e. The summed E-state index contributed by atoms with van der Waals surface area (Å²) in [5, 5.41) is 4.09. The third-order valence-electron chi connectivity index (χ3n) is 1.51. The van der Waals surface area contributed by atoms with Crippen LogP contribution in [-0.4, -0.2) is 14.6 Å². The first-order valence-corrected chi connectivity index (χ1v) is 4.03. The molecule has 0 amide bonds. The topological polar surface area (TPSA) is 30.2 Å². The van der Waals surface area contributed by atoms with Gasteiger partial charge >= 0.3 is 0 Å². The summed E-state index contributed by atoms with van der Waals surface area (Å²) in [6.45, 7) is 1.99. The molecule has 0 bridgehead atoms. The number of fused-ring (bicyclic) bond motifs is 1. The summed E-state index contributed by atoms with van der Waals surface area (Å²) >= 11 is 3.30. The van der Waals surface area contributed by atoms with Gasteiger partial charge in [-0.15, -0.1) is 0 Å². The second-order valence-electron chi connectivity index (χ2n) is 2.35. The lowest BCUT2D eigenvalue weighted by Gasteiger charge is -1.92. The van der Waals surface area contributed by atoms with Crippen molar-refractivity contribution < 1.29 is 0 Å². The number of aryl methyl sites for hydroxylation is 1. The fourth-order valence-electron chi connectivity index (χ4n) is 0.961. The fourth-order valence-corrected chi connectivity index (χ4v) is 1.25. The molecule has 0 radical (unpaired) electrons. The zero-order valence-corrected chi connectivity index (χ0v) is 7.54. The van der Waals surface area contributed by atoms with Gasteiger partial charge in [0, 0.05) is 11.8 Å². The molecule has 0 saturated heterocycles. The lowest BCUT2D eigenvalue weighted by Crippen LogP contribution is -1.88. The molecule has 0 unspecified atom stereocenters. The molecule has 56 valence electrons. The van der Waals surface area contributed by atoms with Gasteiger partial charge in [0.05, 0.1) is 6.20 Å². The van der Waals surface area contributed by atoms with Gasteiger partial charge < -0.3 is 0 Å². The second-order valence-corrected chi connectivity index (χ2v) is 3.16. The zero-order chi connectivity index (χ0) is 7.84. The minimum atomic E-state index is 0.841. The number of hydrogen-bond donors (Lipinski definition) is 0. The molecule has 0 aromatic carbocycles. The highest BCUT2D eigenvalue weighted by Gasteiger charge is 1.99. The Kier molecular flexibility index (Phi) is 1.42. The molecule has 0 N–H and O–H groups in total. The van der Waals surface area contributed by atoms with Crippen LogP contribution in [0.2, 0.25) is 0 Å². The van der Waals surface area contributed by atoms with Gasteiger partial charge in [-0.25, -0.2) is 9.50 Å². The van der Waals surface area contributed by atoms with Crippen molar-refractivity contribution in [3.8, 4) is 0 Å². The highest BCUT2D eigenvalue weighted by Crippen LogP contribution is 2.10. The monoisotopic (exact) mass is 211 g/mol. The summed E-state index contributed by atoms with van der Waals surface area (Å²) in [6.07, 6.45) is 3.67. The maximum absolute atomic E-state index is 4.25. The molecule has 0 saturated carbocycles. The van der Waals surface area contributed by atoms with Crippen molar-refractivity contribution in [1.29, 1.82) is 0 Å². The highest BCUT2D eigenvalue weighted by molar-refractivity contribution is 9.10. The Labute approximate surface area is 72.2 Å². The molecule has 11 heavy (non-hydrogen) atoms. The molecular weight excluding hydrogens is 206 g/mol. The van der Waals surface area contributed by atoms with Crippen LogP contribution in [0.15, 0.2) is 23.1 Å². The Hall–Kier alpha value is -0.900. The molecule has 0 aliphatic heterocycles. The standard InChI is InChI=1S/C7H6BrN3/c1-5-4-9-11-3-2-6(8)10-7(5)11/h2-4H,1H3. The van der Waals surface area contributed by atoms with E-state index in [2.05, 4.69) is 26.0 Å². The molecule has 4 heteroatoms. The molecule has 2 aromatic heterocycles. The van der Waals surface area contributed by atoms with Crippen molar-refractivity contribution in [1.82, 2.24) is 14.6 Å². The van der Waals surface area contributed by atoms with E-state index in [1.165, 1.54) is 0 Å². The van der Waals surface area contributed by atoms with Crippen LogP contribution in [-0.2, 0) is 0 Å². The quantitative estimate of drug-likeness (QED) is 0.623. The van der Waals surface area contributed by atoms with Crippen molar-refractivity contribution in [2.45, 2.75) is 6.92 Å². The highest BCUT2D eigenvalue weighted by atomic mass is 79.9. The van der Waals surface area contributed by atoms with E-state index in [9.17, 15) is 0 Å². The number of aromatic nitrogens is 3. The van der Waals surface area contributed by atoms with E-state index in [1.807, 2.05) is 19.2 Å². The van der Waals surface area contributed by atoms with E-state index < -0.39 is 0 Å². The van der Waals surface area contributed by atoms with Gasteiger partial charge in [0.2, 0.25) is 0 Å². The summed E-state index contributed by atoms with van der Waals surface area (Å²) in [6, 6.07) is 1.86. The summed E-state index contributed by atoms with van der Waals surface area (Å²) in [5.74, 6) is 0. The Bertz CT molecular complexity index is 393. The normalized spacial score (nSPS) is 10.7. The number of halogens is 1. The van der Waals surface area contributed by atoms with Gasteiger partial charge in [-0.2, -0.15) is 5.10 Å². The van der Waals surface area contributed by atoms with Gasteiger partial charge in [0.25, 0.3) is 0 Å². The molecule has 3 nitrogen and oxygen atoms in total. The fraction of sp³-hybridized carbons (Fsp3) is 0.143. The summed E-state index contributed by atoms with van der Waals surface area (Å²) < 4.78 is 2.59. The average Bonchev–Trinajstić information content (AvgIpc) is 2.33. The number of hydrogen-bond acceptors (Lipinski definition) is 2. The Morgan fingerprint density at radius 3 is 3.18 bits per heavy atom. The minimum absolute atomic E-state index is 0.841. The third kappa shape index (κ3) is 1.03. The van der Waals surface area contributed by atoms with E-state index >= 15 is 0 Å². The first-order chi connectivity index (χ1) is 5.27. The molecule has 2 rings (SSSR count). The van der Waals surface area contributed by atoms with Gasteiger partial charge in [-0.3, -0.25) is 0 Å². The predicted octanol–water partition coefficient (Wildman–Crippen LogP) is 1.80. The van der Waals surface area contributed by atoms with Crippen molar-refractivity contribution in [2.75, 3.05) is 0 Å². The Morgan fingerprint density at radius 2 is 2.36 bits per heavy atom. The van der Waals surface area contributed by atoms with Crippen LogP contribution in [0.5, 0.6) is 0 Å². The number of rotatable bonds is 0. The predicted molar refractivity (Wildman–Crippen MR) is 45.4 cm³/mol. The van der Waals surface area contributed by atoms with Crippen molar-refractivity contribution in [2.24, 2.45) is 0 Å². The van der Waals surface area contributed by atoms with Crippen molar-refractivity contribution in [3.63, 3.8) is 0 Å². The molecule has 0 fully saturated rings. The van der Waals surface area contributed by atoms with Gasteiger partial charge in [0.1, 0.15) is 4.60 Å². The molecule has 0 aliphatic carbocycles. The zero-order valence-electron chi connectivity index (χ0n) is 5.95. The number of nitrogens with zero attached hydrogens (tertiary/aromatic N) is 3.